The smallest absolute Gasteiger partial charge is 0.0777 e. The third-order valence-corrected chi connectivity index (χ3v) is 5.54. The maximum atomic E-state index is 5.68. The van der Waals surface area contributed by atoms with E-state index >= 15 is 0 Å². The molecule has 1 aromatic rings. The van der Waals surface area contributed by atoms with Gasteiger partial charge in [-0.3, -0.25) is 4.90 Å². The van der Waals surface area contributed by atoms with Crippen LogP contribution in [0.5, 0.6) is 0 Å². The minimum atomic E-state index is 0.0475. The zero-order valence-corrected chi connectivity index (χ0v) is 13.5. The van der Waals surface area contributed by atoms with Gasteiger partial charge in [0.1, 0.15) is 0 Å². The van der Waals surface area contributed by atoms with Gasteiger partial charge in [-0.15, -0.1) is 11.3 Å². The predicted molar refractivity (Wildman–Crippen MR) is 84.1 cm³/mol. The second kappa shape index (κ2) is 6.14. The summed E-state index contributed by atoms with van der Waals surface area (Å²) in [6.07, 6.45) is 5.15. The average Bonchev–Trinajstić information content (AvgIpc) is 3.17. The fourth-order valence-electron chi connectivity index (χ4n) is 2.96. The van der Waals surface area contributed by atoms with Crippen LogP contribution in [0, 0.1) is 0 Å². The number of ether oxygens (including phenoxy) is 1. The van der Waals surface area contributed by atoms with Gasteiger partial charge in [0.15, 0.2) is 0 Å². The van der Waals surface area contributed by atoms with Gasteiger partial charge in [-0.25, -0.2) is 0 Å². The molecule has 2 aliphatic rings. The molecule has 2 heterocycles. The van der Waals surface area contributed by atoms with Gasteiger partial charge in [-0.05, 0) is 51.3 Å². The Labute approximate surface area is 126 Å². The van der Waals surface area contributed by atoms with Crippen LogP contribution in [-0.4, -0.2) is 36.7 Å². The van der Waals surface area contributed by atoms with E-state index in [1.165, 1.54) is 42.0 Å². The van der Waals surface area contributed by atoms with Crippen LogP contribution in [0.3, 0.4) is 0 Å². The van der Waals surface area contributed by atoms with Crippen molar-refractivity contribution in [2.75, 3.05) is 20.2 Å². The Kier molecular flexibility index (Phi) is 4.46. The van der Waals surface area contributed by atoms with Crippen molar-refractivity contribution in [2.45, 2.75) is 57.3 Å². The quantitative estimate of drug-likeness (QED) is 0.873. The number of likely N-dealkylation sites (tertiary alicyclic amines) is 1. The maximum Gasteiger partial charge on any atom is 0.0777 e. The number of rotatable bonds is 6. The standard InChI is InChI=1S/C16H26N2OS/c1-16(19-2)8-3-9-18(12-16)11-15-7-6-14(20-15)10-17-13-4-5-13/h6-7,13,17H,3-5,8-12H2,1-2H3. The van der Waals surface area contributed by atoms with E-state index < -0.39 is 0 Å². The fourth-order valence-corrected chi connectivity index (χ4v) is 3.98. The highest BCUT2D eigenvalue weighted by Crippen LogP contribution is 2.27. The highest BCUT2D eigenvalue weighted by molar-refractivity contribution is 7.11. The van der Waals surface area contributed by atoms with E-state index in [1.807, 2.05) is 18.4 Å². The molecular formula is C16H26N2OS. The highest BCUT2D eigenvalue weighted by Gasteiger charge is 2.30. The third kappa shape index (κ3) is 3.82. The molecule has 0 radical (unpaired) electrons. The van der Waals surface area contributed by atoms with Crippen LogP contribution in [-0.2, 0) is 17.8 Å². The summed E-state index contributed by atoms with van der Waals surface area (Å²) in [5, 5.41) is 3.59. The summed E-state index contributed by atoms with van der Waals surface area (Å²) in [6.45, 7) is 6.61. The molecule has 1 aromatic heterocycles. The molecule has 1 aliphatic carbocycles. The third-order valence-electron chi connectivity index (χ3n) is 4.47. The maximum absolute atomic E-state index is 5.68. The number of hydrogen-bond donors (Lipinski definition) is 1. The summed E-state index contributed by atoms with van der Waals surface area (Å²) in [4.78, 5) is 5.49. The highest BCUT2D eigenvalue weighted by atomic mass is 32.1. The molecule has 1 saturated heterocycles. The fraction of sp³-hybridized carbons (Fsp3) is 0.750. The van der Waals surface area contributed by atoms with E-state index in [1.54, 1.807) is 0 Å². The minimum absolute atomic E-state index is 0.0475. The second-order valence-corrected chi connectivity index (χ2v) is 7.74. The van der Waals surface area contributed by atoms with Crippen LogP contribution in [0.4, 0.5) is 0 Å². The normalized spacial score (nSPS) is 27.9. The van der Waals surface area contributed by atoms with Gasteiger partial charge in [0, 0.05) is 42.5 Å². The number of methoxy groups -OCH3 is 1. The Hall–Kier alpha value is -0.420. The SMILES string of the molecule is COC1(C)CCCN(Cc2ccc(CNC3CC3)s2)C1. The first-order valence-corrected chi connectivity index (χ1v) is 8.57. The molecule has 1 saturated carbocycles. The van der Waals surface area contributed by atoms with Crippen LogP contribution in [0.1, 0.15) is 42.4 Å². The summed E-state index contributed by atoms with van der Waals surface area (Å²) in [5.41, 5.74) is 0.0475. The molecule has 2 fully saturated rings. The molecule has 4 heteroatoms. The molecule has 20 heavy (non-hydrogen) atoms. The lowest BCUT2D eigenvalue weighted by Gasteiger charge is -2.39. The number of nitrogens with one attached hydrogen (secondary N) is 1. The molecule has 112 valence electrons. The van der Waals surface area contributed by atoms with Crippen molar-refractivity contribution in [3.05, 3.63) is 21.9 Å². The molecule has 1 atom stereocenters. The van der Waals surface area contributed by atoms with E-state index in [4.69, 9.17) is 4.74 Å². The van der Waals surface area contributed by atoms with Crippen molar-refractivity contribution in [2.24, 2.45) is 0 Å². The summed E-state index contributed by atoms with van der Waals surface area (Å²) in [7, 11) is 1.84. The van der Waals surface area contributed by atoms with Crippen molar-refractivity contribution < 1.29 is 4.74 Å². The van der Waals surface area contributed by atoms with Crippen LogP contribution < -0.4 is 5.32 Å². The van der Waals surface area contributed by atoms with Gasteiger partial charge in [-0.1, -0.05) is 0 Å². The monoisotopic (exact) mass is 294 g/mol. The lowest BCUT2D eigenvalue weighted by Crippen LogP contribution is -2.46. The van der Waals surface area contributed by atoms with Crippen LogP contribution >= 0.6 is 11.3 Å². The molecular weight excluding hydrogens is 268 g/mol. The van der Waals surface area contributed by atoms with E-state index in [0.29, 0.717) is 0 Å². The van der Waals surface area contributed by atoms with Gasteiger partial charge >= 0.3 is 0 Å². The average molecular weight is 294 g/mol. The van der Waals surface area contributed by atoms with Crippen LogP contribution in [0.2, 0.25) is 0 Å². The summed E-state index contributed by atoms with van der Waals surface area (Å²) < 4.78 is 5.68. The first kappa shape index (κ1) is 14.5. The first-order chi connectivity index (χ1) is 9.67. The molecule has 1 aliphatic heterocycles. The zero-order valence-electron chi connectivity index (χ0n) is 12.7. The van der Waals surface area contributed by atoms with Crippen LogP contribution in [0.15, 0.2) is 12.1 Å². The Morgan fingerprint density at radius 3 is 2.95 bits per heavy atom. The first-order valence-electron chi connectivity index (χ1n) is 7.75. The lowest BCUT2D eigenvalue weighted by molar-refractivity contribution is -0.0524. The van der Waals surface area contributed by atoms with Crippen molar-refractivity contribution >= 4 is 11.3 Å². The van der Waals surface area contributed by atoms with Crippen molar-refractivity contribution in [3.8, 4) is 0 Å². The Morgan fingerprint density at radius 1 is 1.40 bits per heavy atom. The van der Waals surface area contributed by atoms with Gasteiger partial charge in [-0.2, -0.15) is 0 Å². The Balaban J connectivity index is 1.51. The Morgan fingerprint density at radius 2 is 2.20 bits per heavy atom. The molecule has 1 unspecified atom stereocenters. The van der Waals surface area contributed by atoms with Gasteiger partial charge in [0.05, 0.1) is 5.60 Å². The minimum Gasteiger partial charge on any atom is -0.377 e. The van der Waals surface area contributed by atoms with E-state index in [2.05, 4.69) is 29.3 Å². The molecule has 0 spiro atoms. The molecule has 0 bridgehead atoms. The van der Waals surface area contributed by atoms with Crippen LogP contribution in [0.25, 0.3) is 0 Å². The number of hydrogen-bond acceptors (Lipinski definition) is 4. The molecule has 0 aromatic carbocycles. The van der Waals surface area contributed by atoms with Crippen molar-refractivity contribution in [3.63, 3.8) is 0 Å². The molecule has 3 rings (SSSR count). The van der Waals surface area contributed by atoms with E-state index in [-0.39, 0.29) is 5.60 Å². The molecule has 1 N–H and O–H groups in total. The molecule has 0 amide bonds. The number of thiophene rings is 1. The number of nitrogens with zero attached hydrogens (tertiary/aromatic N) is 1. The Bertz CT molecular complexity index is 443. The zero-order chi connectivity index (χ0) is 14.0. The van der Waals surface area contributed by atoms with Gasteiger partial charge in [0.25, 0.3) is 0 Å². The largest absolute Gasteiger partial charge is 0.377 e. The van der Waals surface area contributed by atoms with E-state index in [0.717, 1.165) is 25.7 Å². The summed E-state index contributed by atoms with van der Waals surface area (Å²) in [6, 6.07) is 5.38. The predicted octanol–water partition coefficient (Wildman–Crippen LogP) is 3.00. The lowest BCUT2D eigenvalue weighted by atomic mass is 9.95. The second-order valence-electron chi connectivity index (χ2n) is 6.49. The van der Waals surface area contributed by atoms with Gasteiger partial charge in [0.2, 0.25) is 0 Å². The van der Waals surface area contributed by atoms with Gasteiger partial charge < -0.3 is 10.1 Å². The topological polar surface area (TPSA) is 24.5 Å². The van der Waals surface area contributed by atoms with E-state index in [9.17, 15) is 0 Å². The van der Waals surface area contributed by atoms with Crippen molar-refractivity contribution in [1.29, 1.82) is 0 Å². The number of piperidine rings is 1. The summed E-state index contributed by atoms with van der Waals surface area (Å²) >= 11 is 1.96. The van der Waals surface area contributed by atoms with Crippen molar-refractivity contribution in [1.82, 2.24) is 10.2 Å². The summed E-state index contributed by atoms with van der Waals surface area (Å²) in [5.74, 6) is 0. The molecule has 3 nitrogen and oxygen atoms in total.